The molecule has 0 radical (unpaired) electrons. The number of para-hydroxylation sites is 1. The molecule has 2 fully saturated rings. The average molecular weight is 318 g/mol. The van der Waals surface area contributed by atoms with Crippen molar-refractivity contribution in [2.24, 2.45) is 0 Å². The predicted molar refractivity (Wildman–Crippen MR) is 92.7 cm³/mol. The summed E-state index contributed by atoms with van der Waals surface area (Å²) in [5, 5.41) is 10.3. The minimum absolute atomic E-state index is 0.382. The Hall–Kier alpha value is -1.10. The molecule has 2 aliphatic heterocycles. The number of ether oxygens (including phenoxy) is 1. The van der Waals surface area contributed by atoms with Crippen molar-refractivity contribution in [2.75, 3.05) is 39.3 Å². The van der Waals surface area contributed by atoms with Crippen molar-refractivity contribution < 1.29 is 9.84 Å². The van der Waals surface area contributed by atoms with E-state index in [4.69, 9.17) is 4.74 Å². The molecule has 0 spiro atoms. The first-order valence-electron chi connectivity index (χ1n) is 9.15. The van der Waals surface area contributed by atoms with Crippen LogP contribution in [0.3, 0.4) is 0 Å². The molecule has 3 rings (SSSR count). The van der Waals surface area contributed by atoms with Crippen molar-refractivity contribution in [1.82, 2.24) is 9.80 Å². The second-order valence-corrected chi connectivity index (χ2v) is 6.92. The van der Waals surface area contributed by atoms with Crippen LogP contribution < -0.4 is 4.74 Å². The zero-order valence-electron chi connectivity index (χ0n) is 14.1. The largest absolute Gasteiger partial charge is 0.491 e. The second-order valence-electron chi connectivity index (χ2n) is 6.92. The fraction of sp³-hybridized carbons (Fsp3) is 0.684. The maximum Gasteiger partial charge on any atom is 0.123 e. The zero-order chi connectivity index (χ0) is 15.9. The van der Waals surface area contributed by atoms with E-state index in [0.29, 0.717) is 6.61 Å². The number of β-amino-alcohol motifs (C(OH)–C–C–N with tert-alkyl or cyclic N) is 1. The van der Waals surface area contributed by atoms with Crippen molar-refractivity contribution >= 4 is 0 Å². The van der Waals surface area contributed by atoms with E-state index >= 15 is 0 Å². The Labute approximate surface area is 140 Å². The van der Waals surface area contributed by atoms with Crippen molar-refractivity contribution in [3.05, 3.63) is 29.8 Å². The molecule has 0 amide bonds. The molecule has 0 bridgehead atoms. The Balaban J connectivity index is 1.48. The number of aliphatic hydroxyl groups excluding tert-OH is 1. The van der Waals surface area contributed by atoms with Gasteiger partial charge in [0, 0.05) is 18.7 Å². The van der Waals surface area contributed by atoms with Crippen molar-refractivity contribution in [3.8, 4) is 5.75 Å². The van der Waals surface area contributed by atoms with Gasteiger partial charge in [0.2, 0.25) is 0 Å². The lowest BCUT2D eigenvalue weighted by atomic mass is 10.1. The second kappa shape index (κ2) is 8.67. The molecule has 2 saturated heterocycles. The van der Waals surface area contributed by atoms with Gasteiger partial charge in [-0.15, -0.1) is 0 Å². The molecule has 0 unspecified atom stereocenters. The van der Waals surface area contributed by atoms with Gasteiger partial charge in [-0.3, -0.25) is 4.90 Å². The van der Waals surface area contributed by atoms with Gasteiger partial charge in [0.15, 0.2) is 0 Å². The van der Waals surface area contributed by atoms with Crippen molar-refractivity contribution in [3.63, 3.8) is 0 Å². The van der Waals surface area contributed by atoms with E-state index < -0.39 is 6.10 Å². The lowest BCUT2D eigenvalue weighted by Gasteiger charge is -2.28. The smallest absolute Gasteiger partial charge is 0.123 e. The summed E-state index contributed by atoms with van der Waals surface area (Å²) in [7, 11) is 0. The molecule has 1 aromatic rings. The topological polar surface area (TPSA) is 35.9 Å². The van der Waals surface area contributed by atoms with Crippen LogP contribution in [0.2, 0.25) is 0 Å². The number of piperidine rings is 1. The van der Waals surface area contributed by atoms with Gasteiger partial charge in [0.1, 0.15) is 18.5 Å². The summed E-state index contributed by atoms with van der Waals surface area (Å²) in [6.45, 7) is 6.67. The minimum atomic E-state index is -0.409. The maximum atomic E-state index is 10.3. The molecule has 0 saturated carbocycles. The third-order valence-corrected chi connectivity index (χ3v) is 4.91. The summed E-state index contributed by atoms with van der Waals surface area (Å²) in [6, 6.07) is 8.26. The van der Waals surface area contributed by atoms with Crippen molar-refractivity contribution in [2.45, 2.75) is 44.8 Å². The van der Waals surface area contributed by atoms with Gasteiger partial charge in [0.25, 0.3) is 0 Å². The van der Waals surface area contributed by atoms with E-state index in [1.165, 1.54) is 50.8 Å². The molecular weight excluding hydrogens is 288 g/mol. The quantitative estimate of drug-likeness (QED) is 0.838. The van der Waals surface area contributed by atoms with Gasteiger partial charge in [-0.05, 0) is 57.9 Å². The van der Waals surface area contributed by atoms with E-state index in [1.54, 1.807) is 0 Å². The number of benzene rings is 1. The Morgan fingerprint density at radius 2 is 1.57 bits per heavy atom. The van der Waals surface area contributed by atoms with Crippen LogP contribution in [0.1, 0.15) is 37.7 Å². The summed E-state index contributed by atoms with van der Waals surface area (Å²) in [5.74, 6) is 0.928. The molecule has 1 atom stereocenters. The monoisotopic (exact) mass is 318 g/mol. The van der Waals surface area contributed by atoms with Crippen molar-refractivity contribution in [1.29, 1.82) is 0 Å². The van der Waals surface area contributed by atoms with Crippen LogP contribution in [0, 0.1) is 0 Å². The maximum absolute atomic E-state index is 10.3. The predicted octanol–water partition coefficient (Wildman–Crippen LogP) is 2.51. The highest BCUT2D eigenvalue weighted by atomic mass is 16.5. The van der Waals surface area contributed by atoms with Crippen LogP contribution in [0.4, 0.5) is 0 Å². The molecule has 2 aliphatic rings. The van der Waals surface area contributed by atoms with Crippen LogP contribution in [-0.2, 0) is 6.54 Å². The summed E-state index contributed by atoms with van der Waals surface area (Å²) in [4.78, 5) is 4.83. The first-order valence-corrected chi connectivity index (χ1v) is 9.15. The SMILES string of the molecule is O[C@@H](COc1ccccc1CN1CCCC1)CN1CCCCC1. The molecule has 1 N–H and O–H groups in total. The summed E-state index contributed by atoms with van der Waals surface area (Å²) in [6.07, 6.45) is 6.04. The van der Waals surface area contributed by atoms with E-state index in [-0.39, 0.29) is 0 Å². The molecule has 1 aromatic carbocycles. The summed E-state index contributed by atoms with van der Waals surface area (Å²) < 4.78 is 5.95. The van der Waals surface area contributed by atoms with Crippen LogP contribution in [0.25, 0.3) is 0 Å². The highest BCUT2D eigenvalue weighted by molar-refractivity contribution is 5.33. The number of nitrogens with zero attached hydrogens (tertiary/aromatic N) is 2. The third kappa shape index (κ3) is 5.20. The number of hydrogen-bond acceptors (Lipinski definition) is 4. The highest BCUT2D eigenvalue weighted by Crippen LogP contribution is 2.22. The number of likely N-dealkylation sites (tertiary alicyclic amines) is 2. The molecule has 4 nitrogen and oxygen atoms in total. The van der Waals surface area contributed by atoms with Crippen LogP contribution >= 0.6 is 0 Å². The molecule has 2 heterocycles. The van der Waals surface area contributed by atoms with Crippen LogP contribution in [0.15, 0.2) is 24.3 Å². The normalized spacial score (nSPS) is 21.4. The molecule has 4 heteroatoms. The Kier molecular flexibility index (Phi) is 6.31. The van der Waals surface area contributed by atoms with Gasteiger partial charge < -0.3 is 14.7 Å². The van der Waals surface area contributed by atoms with E-state index in [2.05, 4.69) is 21.9 Å². The average Bonchev–Trinajstić information content (AvgIpc) is 3.08. The van der Waals surface area contributed by atoms with Gasteiger partial charge >= 0.3 is 0 Å². The third-order valence-electron chi connectivity index (χ3n) is 4.91. The van der Waals surface area contributed by atoms with E-state index in [9.17, 15) is 5.11 Å². The Morgan fingerprint density at radius 1 is 0.913 bits per heavy atom. The number of rotatable bonds is 7. The lowest BCUT2D eigenvalue weighted by molar-refractivity contribution is 0.0612. The molecule has 0 aliphatic carbocycles. The summed E-state index contributed by atoms with van der Waals surface area (Å²) in [5.41, 5.74) is 1.24. The molecule has 128 valence electrons. The summed E-state index contributed by atoms with van der Waals surface area (Å²) >= 11 is 0. The molecular formula is C19H30N2O2. The van der Waals surface area contributed by atoms with E-state index in [1.807, 2.05) is 12.1 Å². The standard InChI is InChI=1S/C19H30N2O2/c22-18(15-21-10-4-1-5-11-21)16-23-19-9-3-2-8-17(19)14-20-12-6-7-13-20/h2-3,8-9,18,22H,1,4-7,10-16H2/t18-/m1/s1. The first kappa shape index (κ1) is 16.7. The number of hydrogen-bond donors (Lipinski definition) is 1. The highest BCUT2D eigenvalue weighted by Gasteiger charge is 2.17. The Morgan fingerprint density at radius 3 is 2.35 bits per heavy atom. The Bertz CT molecular complexity index is 468. The first-order chi connectivity index (χ1) is 11.3. The fourth-order valence-corrected chi connectivity index (χ4v) is 3.64. The minimum Gasteiger partial charge on any atom is -0.491 e. The van der Waals surface area contributed by atoms with E-state index in [0.717, 1.165) is 31.9 Å². The van der Waals surface area contributed by atoms with Gasteiger partial charge in [-0.25, -0.2) is 0 Å². The fourth-order valence-electron chi connectivity index (χ4n) is 3.64. The zero-order valence-corrected chi connectivity index (χ0v) is 14.1. The molecule has 23 heavy (non-hydrogen) atoms. The van der Waals surface area contributed by atoms with Crippen LogP contribution in [0.5, 0.6) is 5.75 Å². The van der Waals surface area contributed by atoms with Crippen LogP contribution in [-0.4, -0.2) is 60.3 Å². The number of aliphatic hydroxyl groups is 1. The van der Waals surface area contributed by atoms with Gasteiger partial charge in [-0.1, -0.05) is 24.6 Å². The van der Waals surface area contributed by atoms with Gasteiger partial charge in [0.05, 0.1) is 0 Å². The lowest BCUT2D eigenvalue weighted by Crippen LogP contribution is -2.38. The molecule has 0 aromatic heterocycles. The van der Waals surface area contributed by atoms with Gasteiger partial charge in [-0.2, -0.15) is 0 Å².